The summed E-state index contributed by atoms with van der Waals surface area (Å²) in [5.74, 6) is -0.334. The number of hydrogen-bond acceptors (Lipinski definition) is 6. The van der Waals surface area contributed by atoms with E-state index in [0.717, 1.165) is 31.2 Å². The van der Waals surface area contributed by atoms with Crippen molar-refractivity contribution >= 4 is 15.9 Å². The van der Waals surface area contributed by atoms with Crippen LogP contribution < -0.4 is 16.2 Å². The molecule has 3 rings (SSSR count). The van der Waals surface area contributed by atoms with Crippen LogP contribution in [0.2, 0.25) is 0 Å². The van der Waals surface area contributed by atoms with Crippen LogP contribution >= 0.6 is 0 Å². The fourth-order valence-electron chi connectivity index (χ4n) is 3.00. The highest BCUT2D eigenvalue weighted by Crippen LogP contribution is 2.26. The number of amides is 1. The first-order chi connectivity index (χ1) is 12.3. The first-order valence-corrected chi connectivity index (χ1v) is 9.95. The number of rotatable bonds is 5. The van der Waals surface area contributed by atoms with Crippen LogP contribution in [0.15, 0.2) is 35.4 Å². The van der Waals surface area contributed by atoms with E-state index in [0.29, 0.717) is 0 Å². The number of nitrogens with two attached hydrogens (primary N) is 2. The zero-order chi connectivity index (χ0) is 18.7. The molecule has 1 aromatic heterocycles. The zero-order valence-corrected chi connectivity index (χ0v) is 15.0. The van der Waals surface area contributed by atoms with Gasteiger partial charge in [0.2, 0.25) is 10.0 Å². The highest BCUT2D eigenvalue weighted by molar-refractivity contribution is 7.89. The second-order valence-corrected chi connectivity index (χ2v) is 8.09. The van der Waals surface area contributed by atoms with Gasteiger partial charge < -0.3 is 11.1 Å². The van der Waals surface area contributed by atoms with Crippen molar-refractivity contribution in [2.45, 2.75) is 49.2 Å². The van der Waals surface area contributed by atoms with Gasteiger partial charge in [0.25, 0.3) is 5.91 Å². The molecule has 2 aromatic rings. The van der Waals surface area contributed by atoms with E-state index in [4.69, 9.17) is 10.9 Å². The first-order valence-electron chi connectivity index (χ1n) is 8.40. The number of carbonyl (C=O) groups is 1. The van der Waals surface area contributed by atoms with Crippen molar-refractivity contribution in [1.29, 1.82) is 0 Å². The fraction of sp³-hybridized carbons (Fsp3) is 0.438. The number of nitrogens with zero attached hydrogens (tertiary/aromatic N) is 3. The zero-order valence-electron chi connectivity index (χ0n) is 14.2. The summed E-state index contributed by atoms with van der Waals surface area (Å²) in [6, 6.07) is 6.49. The number of hydrogen-bond donors (Lipinski definition) is 3. The van der Waals surface area contributed by atoms with Gasteiger partial charge in [0.05, 0.1) is 17.1 Å². The average molecular weight is 378 g/mol. The van der Waals surface area contributed by atoms with Crippen molar-refractivity contribution in [3.8, 4) is 0 Å². The maximum Gasteiger partial charge on any atom is 0.273 e. The Balaban J connectivity index is 1.57. The molecule has 1 amide bonds. The van der Waals surface area contributed by atoms with Gasteiger partial charge in [-0.2, -0.15) is 0 Å². The predicted molar refractivity (Wildman–Crippen MR) is 94.5 cm³/mol. The molecule has 1 fully saturated rings. The number of benzene rings is 1. The lowest BCUT2D eigenvalue weighted by molar-refractivity contribution is 0.0945. The molecule has 0 unspecified atom stereocenters. The van der Waals surface area contributed by atoms with Crippen LogP contribution in [0.5, 0.6) is 0 Å². The summed E-state index contributed by atoms with van der Waals surface area (Å²) in [5.41, 5.74) is 6.91. The van der Waals surface area contributed by atoms with Gasteiger partial charge in [0.1, 0.15) is 0 Å². The number of sulfonamides is 1. The minimum Gasteiger partial charge on any atom is -0.347 e. The Labute approximate surface area is 151 Å². The van der Waals surface area contributed by atoms with Crippen LogP contribution in [0.3, 0.4) is 0 Å². The van der Waals surface area contributed by atoms with Crippen LogP contribution in [-0.4, -0.2) is 35.4 Å². The summed E-state index contributed by atoms with van der Waals surface area (Å²) in [4.78, 5) is 12.3. The molecule has 10 heteroatoms. The van der Waals surface area contributed by atoms with E-state index < -0.39 is 10.0 Å². The van der Waals surface area contributed by atoms with Crippen molar-refractivity contribution in [2.75, 3.05) is 0 Å². The second-order valence-electron chi connectivity index (χ2n) is 6.52. The van der Waals surface area contributed by atoms with Gasteiger partial charge in [-0.15, -0.1) is 5.10 Å². The topological polar surface area (TPSA) is 146 Å². The molecule has 140 valence electrons. The molecule has 0 bridgehead atoms. The lowest BCUT2D eigenvalue weighted by Crippen LogP contribution is -2.28. The highest BCUT2D eigenvalue weighted by Gasteiger charge is 2.22. The molecule has 0 spiro atoms. The molecule has 5 N–H and O–H groups in total. The number of nitrogens with one attached hydrogen (secondary N) is 1. The normalized spacial score (nSPS) is 20.7. The Morgan fingerprint density at radius 2 is 1.85 bits per heavy atom. The number of primary sulfonamides is 1. The van der Waals surface area contributed by atoms with E-state index in [9.17, 15) is 13.2 Å². The van der Waals surface area contributed by atoms with Crippen LogP contribution in [0, 0.1) is 0 Å². The van der Waals surface area contributed by atoms with E-state index in [1.807, 2.05) is 0 Å². The lowest BCUT2D eigenvalue weighted by atomic mass is 9.92. The molecule has 26 heavy (non-hydrogen) atoms. The SMILES string of the molecule is NC1CCC(n2cc(C(=O)NCc3ccc(S(N)(=O)=O)cc3)nn2)CC1. The van der Waals surface area contributed by atoms with E-state index in [1.165, 1.54) is 12.1 Å². The molecular weight excluding hydrogens is 356 g/mol. The van der Waals surface area contributed by atoms with Gasteiger partial charge in [-0.05, 0) is 43.4 Å². The van der Waals surface area contributed by atoms with Crippen LogP contribution in [0.25, 0.3) is 0 Å². The van der Waals surface area contributed by atoms with E-state index in [2.05, 4.69) is 15.6 Å². The van der Waals surface area contributed by atoms with Crippen molar-refractivity contribution in [1.82, 2.24) is 20.3 Å². The minimum absolute atomic E-state index is 0.0303. The van der Waals surface area contributed by atoms with Crippen molar-refractivity contribution < 1.29 is 13.2 Å². The molecule has 1 aromatic carbocycles. The summed E-state index contributed by atoms with van der Waals surface area (Å²) < 4.78 is 24.2. The van der Waals surface area contributed by atoms with Crippen molar-refractivity contribution in [3.05, 3.63) is 41.7 Å². The fourth-order valence-corrected chi connectivity index (χ4v) is 3.51. The number of aromatic nitrogens is 3. The third-order valence-electron chi connectivity index (χ3n) is 4.56. The second kappa shape index (κ2) is 7.52. The van der Waals surface area contributed by atoms with Gasteiger partial charge >= 0.3 is 0 Å². The first kappa shape index (κ1) is 18.5. The standard InChI is InChI=1S/C16H22N6O3S/c17-12-3-5-13(6-4-12)22-10-15(20-21-22)16(23)19-9-11-1-7-14(8-2-11)26(18,24)25/h1-2,7-8,10,12-13H,3-6,9,17H2,(H,19,23)(H2,18,24,25). The predicted octanol–water partition coefficient (Wildman–Crippen LogP) is 0.298. The Bertz CT molecular complexity index is 870. The van der Waals surface area contributed by atoms with Gasteiger partial charge in [0, 0.05) is 12.6 Å². The van der Waals surface area contributed by atoms with Crippen molar-refractivity contribution in [3.63, 3.8) is 0 Å². The molecule has 0 atom stereocenters. The summed E-state index contributed by atoms with van der Waals surface area (Å²) in [5, 5.41) is 15.8. The van der Waals surface area contributed by atoms with E-state index in [1.54, 1.807) is 23.0 Å². The smallest absolute Gasteiger partial charge is 0.273 e. The Hall–Kier alpha value is -2.30. The average Bonchev–Trinajstić information content (AvgIpc) is 3.10. The maximum absolute atomic E-state index is 12.2. The quantitative estimate of drug-likeness (QED) is 0.682. The third-order valence-corrected chi connectivity index (χ3v) is 5.49. The molecule has 1 aliphatic carbocycles. The van der Waals surface area contributed by atoms with Crippen LogP contribution in [0.4, 0.5) is 0 Å². The van der Waals surface area contributed by atoms with Crippen LogP contribution in [-0.2, 0) is 16.6 Å². The minimum atomic E-state index is -3.72. The van der Waals surface area contributed by atoms with E-state index >= 15 is 0 Å². The third kappa shape index (κ3) is 4.45. The maximum atomic E-state index is 12.2. The molecule has 0 aliphatic heterocycles. The Morgan fingerprint density at radius 1 is 1.19 bits per heavy atom. The monoisotopic (exact) mass is 378 g/mol. The van der Waals surface area contributed by atoms with Gasteiger partial charge in [-0.25, -0.2) is 18.2 Å². The van der Waals surface area contributed by atoms with Gasteiger partial charge in [-0.3, -0.25) is 4.79 Å². The summed E-state index contributed by atoms with van der Waals surface area (Å²) in [6.07, 6.45) is 5.41. The Kier molecular flexibility index (Phi) is 5.35. The van der Waals surface area contributed by atoms with E-state index in [-0.39, 0.29) is 35.1 Å². The largest absolute Gasteiger partial charge is 0.347 e. The molecular formula is C16H22N6O3S. The van der Waals surface area contributed by atoms with Crippen LogP contribution in [0.1, 0.15) is 47.8 Å². The summed E-state index contributed by atoms with van der Waals surface area (Å²) in [7, 11) is -3.72. The Morgan fingerprint density at radius 3 is 2.46 bits per heavy atom. The molecule has 0 saturated heterocycles. The molecule has 1 saturated carbocycles. The molecule has 1 aliphatic rings. The molecule has 9 nitrogen and oxygen atoms in total. The molecule has 1 heterocycles. The lowest BCUT2D eigenvalue weighted by Gasteiger charge is -2.25. The summed E-state index contributed by atoms with van der Waals surface area (Å²) >= 11 is 0. The van der Waals surface area contributed by atoms with Gasteiger partial charge in [-0.1, -0.05) is 17.3 Å². The van der Waals surface area contributed by atoms with Gasteiger partial charge in [0.15, 0.2) is 5.69 Å². The number of carbonyl (C=O) groups excluding carboxylic acids is 1. The summed E-state index contributed by atoms with van der Waals surface area (Å²) in [6.45, 7) is 0.245. The van der Waals surface area contributed by atoms with Crippen molar-refractivity contribution in [2.24, 2.45) is 10.9 Å². The highest BCUT2D eigenvalue weighted by atomic mass is 32.2. The molecule has 0 radical (unpaired) electrons.